The SMILES string of the molecule is [2H]c1c([2H])c([2H])c2c(c1[2H])c1c([2H])c([2H])c([2H])c([2H])c1n2-c1cc(-c2ccccc2-n2c3c([2H])c([2H])c([2H])c([2H])c3c3c([2H])c([2H])c([2H])c([2H])c32)nc(-n2c3c([2H])c([2H])c([2H])c([2H])c3c3c([2H])c([2H])c([2H])c([2H])c32)n1. The average molecular weight is 676 g/mol. The van der Waals surface area contributed by atoms with E-state index in [-0.39, 0.29) is 60.3 Å². The fraction of sp³-hybridized carbons (Fsp3) is 0. The lowest BCUT2D eigenvalue weighted by Gasteiger charge is -2.16. The molecule has 5 heteroatoms. The van der Waals surface area contributed by atoms with Crippen molar-refractivity contribution in [3.8, 4) is 28.7 Å². The maximum atomic E-state index is 9.26. The third kappa shape index (κ3) is 4.03. The smallest absolute Gasteiger partial charge is 0.237 e. The molecule has 7 aromatic carbocycles. The molecule has 51 heavy (non-hydrogen) atoms. The second kappa shape index (κ2) is 10.8. The van der Waals surface area contributed by atoms with Crippen LogP contribution < -0.4 is 0 Å². The van der Waals surface area contributed by atoms with Crippen molar-refractivity contribution in [2.45, 2.75) is 0 Å². The molecule has 0 amide bonds. The highest BCUT2D eigenvalue weighted by atomic mass is 15.2. The van der Waals surface area contributed by atoms with E-state index in [1.807, 2.05) is 0 Å². The van der Waals surface area contributed by atoms with Gasteiger partial charge in [0.2, 0.25) is 5.95 Å². The molecule has 11 aromatic rings. The van der Waals surface area contributed by atoms with Crippen LogP contribution in [0.15, 0.2) is 175 Å². The lowest BCUT2D eigenvalue weighted by molar-refractivity contribution is 0.951. The summed E-state index contributed by atoms with van der Waals surface area (Å²) in [7, 11) is 0. The van der Waals surface area contributed by atoms with Gasteiger partial charge in [0, 0.05) is 43.9 Å². The zero-order valence-electron chi connectivity index (χ0n) is 49.6. The minimum absolute atomic E-state index is 0.0461. The number of hydrogen-bond acceptors (Lipinski definition) is 2. The molecule has 4 heterocycles. The Balaban J connectivity index is 1.41. The van der Waals surface area contributed by atoms with Gasteiger partial charge in [-0.25, -0.2) is 4.98 Å². The van der Waals surface area contributed by atoms with Crippen molar-refractivity contribution in [2.75, 3.05) is 0 Å². The summed E-state index contributed by atoms with van der Waals surface area (Å²) in [6, 6.07) is -10.4. The molecule has 0 bridgehead atoms. The van der Waals surface area contributed by atoms with Crippen molar-refractivity contribution >= 4 is 65.4 Å². The number of nitrogens with zero attached hydrogens (tertiary/aromatic N) is 5. The number of rotatable bonds is 4. The second-order valence-electron chi connectivity index (χ2n) is 11.3. The highest BCUT2D eigenvalue weighted by Crippen LogP contribution is 2.38. The van der Waals surface area contributed by atoms with E-state index in [9.17, 15) is 8.22 Å². The van der Waals surface area contributed by atoms with E-state index >= 15 is 0 Å². The first-order valence-electron chi connectivity index (χ1n) is 27.3. The van der Waals surface area contributed by atoms with Gasteiger partial charge >= 0.3 is 0 Å². The van der Waals surface area contributed by atoms with Crippen molar-refractivity contribution in [1.29, 1.82) is 0 Å². The van der Waals surface area contributed by atoms with Crippen LogP contribution in [0.2, 0.25) is 0 Å². The van der Waals surface area contributed by atoms with Crippen molar-refractivity contribution in [1.82, 2.24) is 23.7 Å². The number of benzene rings is 7. The molecule has 0 spiro atoms. The lowest BCUT2D eigenvalue weighted by atomic mass is 10.1. The van der Waals surface area contributed by atoms with E-state index in [0.29, 0.717) is 0 Å². The van der Waals surface area contributed by atoms with Crippen molar-refractivity contribution in [3.05, 3.63) is 175 Å². The van der Waals surface area contributed by atoms with Crippen LogP contribution in [0, 0.1) is 0 Å². The van der Waals surface area contributed by atoms with Gasteiger partial charge < -0.3 is 4.57 Å². The molecule has 5 nitrogen and oxygen atoms in total. The lowest BCUT2D eigenvalue weighted by Crippen LogP contribution is -2.08. The highest BCUT2D eigenvalue weighted by molar-refractivity contribution is 6.11. The van der Waals surface area contributed by atoms with Crippen molar-refractivity contribution in [2.24, 2.45) is 0 Å². The summed E-state index contributed by atoms with van der Waals surface area (Å²) in [5, 5.41) is -2.04. The van der Waals surface area contributed by atoms with Gasteiger partial charge in [-0.15, -0.1) is 0 Å². The molecular weight excluding hydrogens is 623 g/mol. The maximum absolute atomic E-state index is 9.26. The van der Waals surface area contributed by atoms with E-state index < -0.39 is 179 Å². The van der Waals surface area contributed by atoms with Crippen LogP contribution in [0.25, 0.3) is 94.1 Å². The summed E-state index contributed by atoms with van der Waals surface area (Å²) >= 11 is 0. The molecule has 11 rings (SSSR count). The summed E-state index contributed by atoms with van der Waals surface area (Å²) < 4.78 is 217. The van der Waals surface area contributed by atoms with Gasteiger partial charge in [0.25, 0.3) is 0 Å². The van der Waals surface area contributed by atoms with Crippen LogP contribution >= 0.6 is 0 Å². The normalized spacial score (nSPS) is 18.5. The Morgan fingerprint density at radius 3 is 1.22 bits per heavy atom. The summed E-state index contributed by atoms with van der Waals surface area (Å²) in [6.07, 6.45) is 0. The molecule has 238 valence electrons. The molecule has 0 N–H and O–H groups in total. The molecule has 0 radical (unpaired) electrons. The van der Waals surface area contributed by atoms with Crippen LogP contribution in [-0.4, -0.2) is 23.7 Å². The Morgan fingerprint density at radius 1 is 0.392 bits per heavy atom. The molecule has 4 aromatic heterocycles. The van der Waals surface area contributed by atoms with Gasteiger partial charge in [-0.2, -0.15) is 4.98 Å². The van der Waals surface area contributed by atoms with Gasteiger partial charge in [0.15, 0.2) is 0 Å². The Morgan fingerprint density at radius 2 is 0.765 bits per heavy atom. The van der Waals surface area contributed by atoms with Gasteiger partial charge in [-0.3, -0.25) is 9.13 Å². The average Bonchev–Trinajstić information content (AvgIpc) is 4.10. The summed E-state index contributed by atoms with van der Waals surface area (Å²) in [5.74, 6) is -1.10. The monoisotopic (exact) mass is 675 g/mol. The molecular formula is C46H29N5. The zero-order valence-corrected chi connectivity index (χ0v) is 25.6. The van der Waals surface area contributed by atoms with E-state index in [2.05, 4.69) is 0 Å². The Labute approximate surface area is 326 Å². The van der Waals surface area contributed by atoms with Crippen LogP contribution in [-0.2, 0) is 0 Å². The second-order valence-corrected chi connectivity index (χ2v) is 11.3. The molecule has 0 saturated heterocycles. The van der Waals surface area contributed by atoms with Crippen LogP contribution in [0.3, 0.4) is 0 Å². The quantitative estimate of drug-likeness (QED) is 0.186. The van der Waals surface area contributed by atoms with Gasteiger partial charge in [-0.1, -0.05) is 127 Å². The van der Waals surface area contributed by atoms with Crippen LogP contribution in [0.1, 0.15) is 32.9 Å². The first-order chi connectivity index (χ1) is 35.3. The van der Waals surface area contributed by atoms with Crippen molar-refractivity contribution < 1.29 is 32.9 Å². The molecule has 0 saturated carbocycles. The van der Waals surface area contributed by atoms with E-state index in [0.717, 1.165) is 9.13 Å². The number of para-hydroxylation sites is 7. The number of fused-ring (bicyclic) bond motifs is 9. The Hall–Kier alpha value is -6.98. The molecule has 0 unspecified atom stereocenters. The van der Waals surface area contributed by atoms with Gasteiger partial charge in [0.05, 0.1) is 77.4 Å². The van der Waals surface area contributed by atoms with E-state index in [1.54, 1.807) is 0 Å². The standard InChI is InChI=1S/C46H29N5/c1-8-22-38-30(15-1)31-16-2-9-23-39(31)49(38)44-28-14-7-21-36(44)37-29-45(50-40-24-10-3-17-32(40)33-18-4-11-25-41(33)50)48-46(47-37)51-42-26-12-5-19-34(42)35-20-6-13-27-43(35)51/h1-29H/i1D,2D,3D,4D,5D,6D,8D,9D,10D,11D,12D,13D,15D,16D,17D,18D,19D,20D,22D,23D,24D,25D,26D,27D. The minimum Gasteiger partial charge on any atom is -0.309 e. The zero-order chi connectivity index (χ0) is 54.4. The van der Waals surface area contributed by atoms with Crippen LogP contribution in [0.5, 0.6) is 0 Å². The summed E-state index contributed by atoms with van der Waals surface area (Å²) in [5.41, 5.74) is -2.74. The molecule has 0 aliphatic rings. The largest absolute Gasteiger partial charge is 0.309 e. The molecule has 0 aliphatic heterocycles. The third-order valence-corrected chi connectivity index (χ3v) is 8.65. The predicted molar refractivity (Wildman–Crippen MR) is 210 cm³/mol. The minimum atomic E-state index is -0.802. The topological polar surface area (TPSA) is 40.6 Å². The summed E-state index contributed by atoms with van der Waals surface area (Å²) in [4.78, 5) is 9.71. The highest BCUT2D eigenvalue weighted by Gasteiger charge is 2.21. The van der Waals surface area contributed by atoms with Crippen LogP contribution in [0.4, 0.5) is 0 Å². The predicted octanol–water partition coefficient (Wildman–Crippen LogP) is 11.4. The Kier molecular flexibility index (Phi) is 2.82. The fourth-order valence-corrected chi connectivity index (χ4v) is 6.59. The fourth-order valence-electron chi connectivity index (χ4n) is 6.59. The number of hydrogen-bond donors (Lipinski definition) is 0. The molecule has 0 aliphatic carbocycles. The van der Waals surface area contributed by atoms with Gasteiger partial charge in [0.1, 0.15) is 5.82 Å². The van der Waals surface area contributed by atoms with Crippen molar-refractivity contribution in [3.63, 3.8) is 0 Å². The maximum Gasteiger partial charge on any atom is 0.237 e. The van der Waals surface area contributed by atoms with Gasteiger partial charge in [-0.05, 0) is 42.3 Å². The molecule has 0 atom stereocenters. The summed E-state index contributed by atoms with van der Waals surface area (Å²) in [6.45, 7) is 0. The first-order valence-corrected chi connectivity index (χ1v) is 15.3. The third-order valence-electron chi connectivity index (χ3n) is 8.65. The van der Waals surface area contributed by atoms with E-state index in [1.165, 1.54) is 34.9 Å². The molecule has 0 fully saturated rings. The Bertz CT molecular complexity index is 4130. The van der Waals surface area contributed by atoms with E-state index in [4.69, 9.17) is 34.6 Å². The first kappa shape index (κ1) is 13.4. The number of aromatic nitrogens is 5.